The number of aromatic nitrogens is 5. The van der Waals surface area contributed by atoms with E-state index in [4.69, 9.17) is 0 Å². The second-order valence-electron chi connectivity index (χ2n) is 7.92. The number of rotatable bonds is 3. The molecule has 0 radical (unpaired) electrons. The first kappa shape index (κ1) is 18.4. The van der Waals surface area contributed by atoms with Gasteiger partial charge >= 0.3 is 0 Å². The van der Waals surface area contributed by atoms with Gasteiger partial charge in [0, 0.05) is 24.1 Å². The molecule has 0 spiro atoms. The van der Waals surface area contributed by atoms with Crippen LogP contribution < -0.4 is 5.32 Å². The van der Waals surface area contributed by atoms with Crippen LogP contribution in [0.2, 0.25) is 0 Å². The number of nitrogens with one attached hydrogen (secondary N) is 2. The number of hydrogen-bond donors (Lipinski definition) is 2. The van der Waals surface area contributed by atoms with Gasteiger partial charge in [0.25, 0.3) is 5.91 Å². The number of nitrogens with zero attached hydrogens (tertiary/aromatic N) is 5. The lowest BCUT2D eigenvalue weighted by Gasteiger charge is -2.29. The lowest BCUT2D eigenvalue weighted by atomic mass is 10.0. The van der Waals surface area contributed by atoms with Crippen LogP contribution in [0.1, 0.15) is 28.8 Å². The highest BCUT2D eigenvalue weighted by atomic mass is 16.2. The molecule has 0 aliphatic carbocycles. The second kappa shape index (κ2) is 6.84. The Bertz CT molecular complexity index is 1420. The van der Waals surface area contributed by atoms with Crippen LogP contribution in [-0.4, -0.2) is 53.6 Å². The minimum atomic E-state index is -0.633. The molecular formula is C22H17N7O3. The van der Waals surface area contributed by atoms with Crippen LogP contribution >= 0.6 is 0 Å². The van der Waals surface area contributed by atoms with Crippen LogP contribution in [0.4, 0.5) is 0 Å². The molecule has 6 rings (SSSR count). The molecule has 1 saturated heterocycles. The fourth-order valence-electron chi connectivity index (χ4n) is 4.32. The number of fused-ring (bicyclic) bond motifs is 2. The highest BCUT2D eigenvalue weighted by Gasteiger charge is 2.39. The van der Waals surface area contributed by atoms with Crippen LogP contribution in [0.15, 0.2) is 48.9 Å². The summed E-state index contributed by atoms with van der Waals surface area (Å²) < 4.78 is 1.66. The summed E-state index contributed by atoms with van der Waals surface area (Å²) >= 11 is 0. The normalized spacial score (nSPS) is 18.3. The van der Waals surface area contributed by atoms with Gasteiger partial charge in [-0.05, 0) is 42.3 Å². The minimum Gasteiger partial charge on any atom is -0.345 e. The molecule has 2 aliphatic rings. The number of H-pyrrole nitrogens is 1. The maximum Gasteiger partial charge on any atom is 0.255 e. The number of benzene rings is 2. The fourth-order valence-corrected chi connectivity index (χ4v) is 4.32. The lowest BCUT2D eigenvalue weighted by Crippen LogP contribution is -2.52. The zero-order valence-corrected chi connectivity index (χ0v) is 16.8. The van der Waals surface area contributed by atoms with E-state index in [1.54, 1.807) is 23.1 Å². The van der Waals surface area contributed by atoms with Gasteiger partial charge in [-0.2, -0.15) is 0 Å². The Hall–Kier alpha value is -4.34. The van der Waals surface area contributed by atoms with Gasteiger partial charge < -0.3 is 9.88 Å². The number of carbonyl (C=O) groups is 3. The van der Waals surface area contributed by atoms with Crippen molar-refractivity contribution in [3.05, 3.63) is 60.0 Å². The Morgan fingerprint density at radius 1 is 1.06 bits per heavy atom. The summed E-state index contributed by atoms with van der Waals surface area (Å²) in [7, 11) is 0. The van der Waals surface area contributed by atoms with Gasteiger partial charge in [-0.15, -0.1) is 5.10 Å². The number of carbonyl (C=O) groups excluding carboxylic acids is 3. The highest BCUT2D eigenvalue weighted by Crippen LogP contribution is 2.29. The largest absolute Gasteiger partial charge is 0.345 e. The van der Waals surface area contributed by atoms with Gasteiger partial charge in [0.05, 0.1) is 29.2 Å². The molecule has 2 aliphatic heterocycles. The third-order valence-corrected chi connectivity index (χ3v) is 5.98. The lowest BCUT2D eigenvalue weighted by molar-refractivity contribution is -0.136. The molecule has 4 heterocycles. The molecule has 0 bridgehead atoms. The van der Waals surface area contributed by atoms with Crippen molar-refractivity contribution in [1.29, 1.82) is 0 Å². The van der Waals surface area contributed by atoms with Crippen molar-refractivity contribution in [3.63, 3.8) is 0 Å². The molecule has 32 heavy (non-hydrogen) atoms. The summed E-state index contributed by atoms with van der Waals surface area (Å²) in [6.45, 7) is 0.312. The van der Waals surface area contributed by atoms with Gasteiger partial charge in [0.2, 0.25) is 11.8 Å². The van der Waals surface area contributed by atoms with E-state index < -0.39 is 11.9 Å². The molecule has 2 aromatic carbocycles. The Kier molecular flexibility index (Phi) is 3.94. The van der Waals surface area contributed by atoms with Gasteiger partial charge in [-0.3, -0.25) is 19.7 Å². The molecule has 10 heteroatoms. The third-order valence-electron chi connectivity index (χ3n) is 5.98. The maximum absolute atomic E-state index is 12.9. The van der Waals surface area contributed by atoms with Crippen molar-refractivity contribution in [2.24, 2.45) is 0 Å². The zero-order valence-electron chi connectivity index (χ0n) is 16.8. The zero-order chi connectivity index (χ0) is 21.8. The smallest absolute Gasteiger partial charge is 0.255 e. The first-order valence-corrected chi connectivity index (χ1v) is 10.2. The quantitative estimate of drug-likeness (QED) is 0.478. The summed E-state index contributed by atoms with van der Waals surface area (Å²) in [5.74, 6) is -0.919. The van der Waals surface area contributed by atoms with Gasteiger partial charge in [-0.25, -0.2) is 9.67 Å². The molecule has 1 fully saturated rings. The molecule has 1 atom stereocenters. The van der Waals surface area contributed by atoms with Crippen LogP contribution in [-0.2, 0) is 16.1 Å². The van der Waals surface area contributed by atoms with Crippen LogP contribution in [0.3, 0.4) is 0 Å². The van der Waals surface area contributed by atoms with E-state index in [9.17, 15) is 14.4 Å². The van der Waals surface area contributed by atoms with E-state index in [2.05, 4.69) is 25.6 Å². The average molecular weight is 427 g/mol. The Morgan fingerprint density at radius 3 is 2.84 bits per heavy atom. The van der Waals surface area contributed by atoms with Gasteiger partial charge in [0.15, 0.2) is 0 Å². The summed E-state index contributed by atoms with van der Waals surface area (Å²) in [5.41, 5.74) is 5.56. The number of aromatic amines is 1. The predicted octanol–water partition coefficient (Wildman–Crippen LogP) is 1.57. The van der Waals surface area contributed by atoms with Gasteiger partial charge in [0.1, 0.15) is 11.7 Å². The average Bonchev–Trinajstić information content (AvgIpc) is 3.52. The topological polar surface area (TPSA) is 126 Å². The number of piperidine rings is 1. The Morgan fingerprint density at radius 2 is 1.97 bits per heavy atom. The van der Waals surface area contributed by atoms with Crippen LogP contribution in [0.5, 0.6) is 0 Å². The Balaban J connectivity index is 1.28. The van der Waals surface area contributed by atoms with Crippen LogP contribution in [0.25, 0.3) is 28.0 Å². The summed E-state index contributed by atoms with van der Waals surface area (Å²) in [6.07, 6.45) is 4.04. The first-order valence-electron chi connectivity index (χ1n) is 10.2. The first-order chi connectivity index (χ1) is 15.6. The van der Waals surface area contributed by atoms with E-state index in [-0.39, 0.29) is 18.2 Å². The van der Waals surface area contributed by atoms with Crippen molar-refractivity contribution in [1.82, 2.24) is 35.2 Å². The maximum atomic E-state index is 12.9. The second-order valence-corrected chi connectivity index (χ2v) is 7.92. The molecule has 0 saturated carbocycles. The van der Waals surface area contributed by atoms with E-state index in [1.165, 1.54) is 4.90 Å². The fraction of sp³-hybridized carbons (Fsp3) is 0.182. The Labute approximate surface area is 181 Å². The molecule has 2 aromatic heterocycles. The number of amides is 3. The highest BCUT2D eigenvalue weighted by molar-refractivity contribution is 6.05. The molecule has 1 unspecified atom stereocenters. The van der Waals surface area contributed by atoms with Crippen molar-refractivity contribution in [2.75, 3.05) is 0 Å². The summed E-state index contributed by atoms with van der Waals surface area (Å²) in [5, 5.41) is 10.8. The van der Waals surface area contributed by atoms with Crippen LogP contribution in [0, 0.1) is 0 Å². The van der Waals surface area contributed by atoms with E-state index >= 15 is 0 Å². The van der Waals surface area contributed by atoms with Crippen molar-refractivity contribution < 1.29 is 14.4 Å². The predicted molar refractivity (Wildman–Crippen MR) is 112 cm³/mol. The molecule has 158 valence electrons. The molecule has 2 N–H and O–H groups in total. The number of hydrogen-bond acceptors (Lipinski definition) is 6. The van der Waals surface area contributed by atoms with Gasteiger partial charge in [-0.1, -0.05) is 11.3 Å². The SMILES string of the molecule is O=C1CCC(N2Cc3cc(-n4cc(-c5ccc6nc[nH]c6c5)nn4)ccc3C2=O)C(=O)N1. The van der Waals surface area contributed by atoms with Crippen molar-refractivity contribution in [2.45, 2.75) is 25.4 Å². The summed E-state index contributed by atoms with van der Waals surface area (Å²) in [4.78, 5) is 45.4. The summed E-state index contributed by atoms with van der Waals surface area (Å²) in [6, 6.07) is 10.6. The third kappa shape index (κ3) is 2.88. The van der Waals surface area contributed by atoms with E-state index in [0.717, 1.165) is 27.8 Å². The molecular weight excluding hydrogens is 410 g/mol. The molecule has 3 amide bonds. The number of imidazole rings is 1. The van der Waals surface area contributed by atoms with Crippen molar-refractivity contribution >= 4 is 28.8 Å². The molecule has 10 nitrogen and oxygen atoms in total. The monoisotopic (exact) mass is 427 g/mol. The number of imide groups is 1. The van der Waals surface area contributed by atoms with Crippen molar-refractivity contribution in [3.8, 4) is 16.9 Å². The van der Waals surface area contributed by atoms with E-state index in [1.807, 2.05) is 30.5 Å². The standard InChI is InChI=1S/C22H17N7O3/c30-20-6-5-19(21(31)25-20)28-9-13-7-14(2-3-15(13)22(28)32)29-10-18(26-27-29)12-1-4-16-17(8-12)24-11-23-16/h1-4,7-8,10-11,19H,5-6,9H2,(H,23,24)(H,25,30,31). The molecule has 4 aromatic rings. The minimum absolute atomic E-state index is 0.201. The van der Waals surface area contributed by atoms with E-state index in [0.29, 0.717) is 24.2 Å².